The normalized spacial score (nSPS) is 12.6. The second kappa shape index (κ2) is 4.62. The molecule has 0 saturated carbocycles. The monoisotopic (exact) mass is 245 g/mol. The van der Waals surface area contributed by atoms with Crippen LogP contribution in [0, 0.1) is 0 Å². The van der Waals surface area contributed by atoms with Crippen molar-refractivity contribution in [3.05, 3.63) is 35.5 Å². The van der Waals surface area contributed by atoms with Gasteiger partial charge in [-0.05, 0) is 18.1 Å². The molecular formula is C13H15N3O2. The van der Waals surface area contributed by atoms with Gasteiger partial charge in [-0.25, -0.2) is 0 Å². The Morgan fingerprint density at radius 1 is 1.33 bits per heavy atom. The van der Waals surface area contributed by atoms with Gasteiger partial charge >= 0.3 is 0 Å². The maximum absolute atomic E-state index is 11.6. The van der Waals surface area contributed by atoms with E-state index in [1.807, 2.05) is 24.3 Å². The number of primary amides is 1. The molecule has 5 heteroatoms. The summed E-state index contributed by atoms with van der Waals surface area (Å²) in [7, 11) is 0. The number of amides is 1. The zero-order chi connectivity index (χ0) is 13.3. The van der Waals surface area contributed by atoms with Gasteiger partial charge in [-0.15, -0.1) is 0 Å². The van der Waals surface area contributed by atoms with Crippen LogP contribution in [0.2, 0.25) is 0 Å². The first-order chi connectivity index (χ1) is 8.50. The molecule has 0 bridgehead atoms. The molecule has 0 unspecified atom stereocenters. The van der Waals surface area contributed by atoms with Crippen LogP contribution in [-0.4, -0.2) is 22.7 Å². The number of para-hydroxylation sites is 1. The van der Waals surface area contributed by atoms with Crippen molar-refractivity contribution >= 4 is 22.6 Å². The Balaban J connectivity index is 2.55. The molecule has 1 aromatic carbocycles. The lowest BCUT2D eigenvalue weighted by atomic mass is 10.0. The van der Waals surface area contributed by atoms with E-state index in [9.17, 15) is 9.59 Å². The number of nitrogens with one attached hydrogen (secondary N) is 1. The molecule has 0 saturated heterocycles. The minimum absolute atomic E-state index is 0.0853. The minimum Gasteiger partial charge on any atom is -0.368 e. The highest BCUT2D eigenvalue weighted by Gasteiger charge is 2.19. The first-order valence-electron chi connectivity index (χ1n) is 5.66. The number of H-pyrrole nitrogens is 1. The fraction of sp³-hybridized carbons (Fsp3) is 0.231. The van der Waals surface area contributed by atoms with E-state index in [2.05, 4.69) is 4.98 Å². The predicted molar refractivity (Wildman–Crippen MR) is 69.2 cm³/mol. The van der Waals surface area contributed by atoms with Gasteiger partial charge < -0.3 is 16.5 Å². The van der Waals surface area contributed by atoms with Gasteiger partial charge in [0.1, 0.15) is 0 Å². The molecule has 0 aliphatic rings. The van der Waals surface area contributed by atoms with E-state index in [0.717, 1.165) is 16.5 Å². The fourth-order valence-electron chi connectivity index (χ4n) is 2.03. The second-order valence-electron chi connectivity index (χ2n) is 4.29. The summed E-state index contributed by atoms with van der Waals surface area (Å²) in [5.74, 6) is -0.660. The van der Waals surface area contributed by atoms with Crippen LogP contribution in [0.25, 0.3) is 10.9 Å². The Kier molecular flexibility index (Phi) is 3.16. The van der Waals surface area contributed by atoms with Crippen LogP contribution in [0.4, 0.5) is 0 Å². The summed E-state index contributed by atoms with van der Waals surface area (Å²) in [4.78, 5) is 25.7. The predicted octanol–water partition coefficient (Wildman–Crippen LogP) is 0.726. The minimum atomic E-state index is -0.790. The maximum Gasteiger partial charge on any atom is 0.234 e. The van der Waals surface area contributed by atoms with Gasteiger partial charge in [0.2, 0.25) is 5.91 Å². The molecule has 2 rings (SSSR count). The largest absolute Gasteiger partial charge is 0.368 e. The molecule has 2 aromatic rings. The molecule has 0 aliphatic carbocycles. The van der Waals surface area contributed by atoms with Crippen LogP contribution in [-0.2, 0) is 11.2 Å². The van der Waals surface area contributed by atoms with E-state index < -0.39 is 11.9 Å². The third kappa shape index (κ3) is 2.12. The van der Waals surface area contributed by atoms with Gasteiger partial charge in [-0.1, -0.05) is 18.2 Å². The lowest BCUT2D eigenvalue weighted by Gasteiger charge is -2.07. The van der Waals surface area contributed by atoms with Gasteiger partial charge in [-0.3, -0.25) is 9.59 Å². The first-order valence-corrected chi connectivity index (χ1v) is 5.66. The Hall–Kier alpha value is -2.14. The van der Waals surface area contributed by atoms with Crippen molar-refractivity contribution in [3.63, 3.8) is 0 Å². The maximum atomic E-state index is 11.6. The molecule has 1 amide bonds. The van der Waals surface area contributed by atoms with Crippen LogP contribution in [0.15, 0.2) is 24.3 Å². The number of carbonyl (C=O) groups is 2. The van der Waals surface area contributed by atoms with E-state index in [1.54, 1.807) is 0 Å². The molecule has 0 aliphatic heterocycles. The first kappa shape index (κ1) is 12.3. The third-order valence-corrected chi connectivity index (χ3v) is 2.96. The molecule has 5 nitrogen and oxygen atoms in total. The summed E-state index contributed by atoms with van der Waals surface area (Å²) in [6, 6.07) is 6.73. The number of nitrogens with two attached hydrogens (primary N) is 2. The number of Topliss-reactive ketones (excluding diaryl/α,β-unsaturated/α-hetero) is 1. The molecule has 0 spiro atoms. The van der Waals surface area contributed by atoms with E-state index in [1.165, 1.54) is 6.92 Å². The van der Waals surface area contributed by atoms with Crippen molar-refractivity contribution in [1.29, 1.82) is 0 Å². The summed E-state index contributed by atoms with van der Waals surface area (Å²) in [6.07, 6.45) is 0.258. The number of aromatic amines is 1. The fourth-order valence-corrected chi connectivity index (χ4v) is 2.03. The molecule has 0 radical (unpaired) electrons. The third-order valence-electron chi connectivity index (χ3n) is 2.96. The number of rotatable bonds is 4. The van der Waals surface area contributed by atoms with Crippen LogP contribution >= 0.6 is 0 Å². The molecule has 0 fully saturated rings. The number of fused-ring (bicyclic) bond motifs is 1. The lowest BCUT2D eigenvalue weighted by Crippen LogP contribution is -2.38. The highest BCUT2D eigenvalue weighted by Crippen LogP contribution is 2.23. The van der Waals surface area contributed by atoms with Crippen molar-refractivity contribution in [3.8, 4) is 0 Å². The number of aromatic nitrogens is 1. The summed E-state index contributed by atoms with van der Waals surface area (Å²) in [6.45, 7) is 1.48. The summed E-state index contributed by atoms with van der Waals surface area (Å²) >= 11 is 0. The smallest absolute Gasteiger partial charge is 0.234 e. The number of carbonyl (C=O) groups excluding carboxylic acids is 2. The summed E-state index contributed by atoms with van der Waals surface area (Å²) in [5.41, 5.74) is 12.9. The Morgan fingerprint density at radius 2 is 2.00 bits per heavy atom. The number of hydrogen-bond donors (Lipinski definition) is 3. The summed E-state index contributed by atoms with van der Waals surface area (Å²) < 4.78 is 0. The molecule has 94 valence electrons. The number of hydrogen-bond acceptors (Lipinski definition) is 3. The summed E-state index contributed by atoms with van der Waals surface area (Å²) in [5, 5.41) is 0.902. The molecule has 1 atom stereocenters. The van der Waals surface area contributed by atoms with Gasteiger partial charge in [0.05, 0.1) is 11.7 Å². The van der Waals surface area contributed by atoms with Crippen molar-refractivity contribution in [2.24, 2.45) is 11.5 Å². The van der Waals surface area contributed by atoms with Crippen molar-refractivity contribution in [2.45, 2.75) is 19.4 Å². The molecule has 1 heterocycles. The lowest BCUT2D eigenvalue weighted by molar-refractivity contribution is -0.119. The average Bonchev–Trinajstić information content (AvgIpc) is 2.68. The van der Waals surface area contributed by atoms with Crippen LogP contribution in [0.3, 0.4) is 0 Å². The highest BCUT2D eigenvalue weighted by molar-refractivity contribution is 6.01. The van der Waals surface area contributed by atoms with Gasteiger partial charge in [0, 0.05) is 17.8 Å². The Bertz CT molecular complexity index is 616. The molecule has 18 heavy (non-hydrogen) atoms. The van der Waals surface area contributed by atoms with Crippen LogP contribution in [0.1, 0.15) is 23.0 Å². The topological polar surface area (TPSA) is 102 Å². The molecule has 5 N–H and O–H groups in total. The average molecular weight is 245 g/mol. The van der Waals surface area contributed by atoms with Gasteiger partial charge in [-0.2, -0.15) is 0 Å². The van der Waals surface area contributed by atoms with E-state index in [4.69, 9.17) is 11.5 Å². The highest BCUT2D eigenvalue weighted by atomic mass is 16.1. The number of benzene rings is 1. The second-order valence-corrected chi connectivity index (χ2v) is 4.29. The van der Waals surface area contributed by atoms with E-state index in [0.29, 0.717) is 5.69 Å². The van der Waals surface area contributed by atoms with Gasteiger partial charge in [0.25, 0.3) is 0 Å². The standard InChI is InChI=1S/C13H15N3O2/c1-7(17)12-9(6-10(14)13(15)18)8-4-2-3-5-11(8)16-12/h2-5,10,16H,6,14H2,1H3,(H2,15,18)/t10-/m0/s1. The van der Waals surface area contributed by atoms with Crippen molar-refractivity contribution < 1.29 is 9.59 Å². The van der Waals surface area contributed by atoms with Gasteiger partial charge in [0.15, 0.2) is 5.78 Å². The van der Waals surface area contributed by atoms with E-state index in [-0.39, 0.29) is 12.2 Å². The molecule has 1 aromatic heterocycles. The zero-order valence-corrected chi connectivity index (χ0v) is 10.1. The Morgan fingerprint density at radius 3 is 2.61 bits per heavy atom. The quantitative estimate of drug-likeness (QED) is 0.692. The SMILES string of the molecule is CC(=O)c1[nH]c2ccccc2c1C[C@H](N)C(N)=O. The van der Waals surface area contributed by atoms with Crippen molar-refractivity contribution in [1.82, 2.24) is 4.98 Å². The van der Waals surface area contributed by atoms with Crippen molar-refractivity contribution in [2.75, 3.05) is 0 Å². The van der Waals surface area contributed by atoms with Crippen LogP contribution < -0.4 is 11.5 Å². The zero-order valence-electron chi connectivity index (χ0n) is 10.1. The van der Waals surface area contributed by atoms with E-state index >= 15 is 0 Å². The Labute approximate surface area is 104 Å². The van der Waals surface area contributed by atoms with Crippen LogP contribution in [0.5, 0.6) is 0 Å². The molecular weight excluding hydrogens is 230 g/mol. The number of ketones is 1.